The van der Waals surface area contributed by atoms with Gasteiger partial charge in [0, 0.05) is 17.8 Å². The van der Waals surface area contributed by atoms with Crippen molar-refractivity contribution in [2.75, 3.05) is 24.7 Å². The molecule has 0 aliphatic carbocycles. The lowest BCUT2D eigenvalue weighted by atomic mass is 9.66. The highest BCUT2D eigenvalue weighted by molar-refractivity contribution is 6.16. The van der Waals surface area contributed by atoms with Crippen LogP contribution in [0.5, 0.6) is 0 Å². The standard InChI is InChI=1S/C25H28N2O6/c1-5-8-15-32-23(29)20-21(26)27(13-6-2)18-12-10-9-11-17(18)25(20)19(16(4)33-24(25)30)22(28)31-14-7-3/h6-7,9-12H,2-3,5,8,13-15,26H2,1,4H3/t25-/m1/s1. The highest BCUT2D eigenvalue weighted by atomic mass is 16.6. The lowest BCUT2D eigenvalue weighted by molar-refractivity contribution is -0.147. The van der Waals surface area contributed by atoms with Crippen molar-refractivity contribution in [2.24, 2.45) is 5.73 Å². The van der Waals surface area contributed by atoms with Gasteiger partial charge >= 0.3 is 17.9 Å². The first kappa shape index (κ1) is 23.8. The van der Waals surface area contributed by atoms with Crippen molar-refractivity contribution >= 4 is 23.6 Å². The van der Waals surface area contributed by atoms with Crippen LogP contribution in [0.2, 0.25) is 0 Å². The van der Waals surface area contributed by atoms with Gasteiger partial charge < -0.3 is 24.8 Å². The number of hydrogen-bond donors (Lipinski definition) is 1. The quantitative estimate of drug-likeness (QED) is 0.264. The van der Waals surface area contributed by atoms with Gasteiger partial charge in [0.2, 0.25) is 0 Å². The molecule has 0 saturated heterocycles. The lowest BCUT2D eigenvalue weighted by Crippen LogP contribution is -2.50. The third-order valence-corrected chi connectivity index (χ3v) is 5.58. The van der Waals surface area contributed by atoms with Crippen LogP contribution in [0.4, 0.5) is 5.69 Å². The summed E-state index contributed by atoms with van der Waals surface area (Å²) in [7, 11) is 0. The van der Waals surface area contributed by atoms with Crippen molar-refractivity contribution < 1.29 is 28.6 Å². The highest BCUT2D eigenvalue weighted by Crippen LogP contribution is 2.54. The summed E-state index contributed by atoms with van der Waals surface area (Å²) in [6.07, 6.45) is 4.46. The Labute approximate surface area is 193 Å². The van der Waals surface area contributed by atoms with Crippen LogP contribution < -0.4 is 10.6 Å². The van der Waals surface area contributed by atoms with E-state index in [0.717, 1.165) is 6.42 Å². The first-order chi connectivity index (χ1) is 15.9. The Bertz CT molecular complexity index is 1070. The van der Waals surface area contributed by atoms with E-state index in [-0.39, 0.29) is 42.5 Å². The van der Waals surface area contributed by atoms with E-state index in [2.05, 4.69) is 13.2 Å². The molecule has 8 heteroatoms. The van der Waals surface area contributed by atoms with Crippen LogP contribution in [0.15, 0.2) is 72.3 Å². The molecule has 1 spiro atoms. The van der Waals surface area contributed by atoms with Gasteiger partial charge in [-0.25, -0.2) is 14.4 Å². The van der Waals surface area contributed by atoms with Gasteiger partial charge in [-0.05, 0) is 19.4 Å². The fourth-order valence-electron chi connectivity index (χ4n) is 4.19. The number of anilines is 1. The Morgan fingerprint density at radius 2 is 1.85 bits per heavy atom. The van der Waals surface area contributed by atoms with Crippen LogP contribution in [0, 0.1) is 0 Å². The van der Waals surface area contributed by atoms with Crippen molar-refractivity contribution in [3.63, 3.8) is 0 Å². The molecule has 1 aromatic rings. The second-order valence-corrected chi connectivity index (χ2v) is 7.62. The van der Waals surface area contributed by atoms with Gasteiger partial charge in [-0.3, -0.25) is 0 Å². The van der Waals surface area contributed by atoms with Crippen LogP contribution in [-0.2, 0) is 34.0 Å². The number of allylic oxidation sites excluding steroid dienone is 1. The van der Waals surface area contributed by atoms with Gasteiger partial charge in [0.15, 0.2) is 5.41 Å². The van der Waals surface area contributed by atoms with Crippen LogP contribution >= 0.6 is 0 Å². The van der Waals surface area contributed by atoms with Gasteiger partial charge in [-0.2, -0.15) is 0 Å². The van der Waals surface area contributed by atoms with E-state index in [1.165, 1.54) is 13.0 Å². The number of benzene rings is 1. The zero-order valence-electron chi connectivity index (χ0n) is 18.9. The van der Waals surface area contributed by atoms with Crippen LogP contribution in [0.25, 0.3) is 0 Å². The minimum atomic E-state index is -1.93. The second-order valence-electron chi connectivity index (χ2n) is 7.62. The molecule has 0 fully saturated rings. The second kappa shape index (κ2) is 9.77. The van der Waals surface area contributed by atoms with E-state index in [1.54, 1.807) is 35.2 Å². The van der Waals surface area contributed by atoms with E-state index >= 15 is 0 Å². The number of unbranched alkanes of at least 4 members (excludes halogenated alkanes) is 1. The molecule has 0 aromatic heterocycles. The Hall–Kier alpha value is -3.81. The average Bonchev–Trinajstić information content (AvgIpc) is 3.05. The number of carbonyl (C=O) groups is 3. The summed E-state index contributed by atoms with van der Waals surface area (Å²) in [5.74, 6) is -2.41. The third kappa shape index (κ3) is 3.82. The Kier molecular flexibility index (Phi) is 7.06. The summed E-state index contributed by atoms with van der Waals surface area (Å²) in [6, 6.07) is 6.90. The minimum Gasteiger partial charge on any atom is -0.462 e. The van der Waals surface area contributed by atoms with Crippen LogP contribution in [-0.4, -0.2) is 37.7 Å². The number of cyclic esters (lactones) is 1. The van der Waals surface area contributed by atoms with Gasteiger partial charge in [-0.15, -0.1) is 6.58 Å². The van der Waals surface area contributed by atoms with E-state index in [9.17, 15) is 14.4 Å². The first-order valence-electron chi connectivity index (χ1n) is 10.7. The fourth-order valence-corrected chi connectivity index (χ4v) is 4.19. The molecule has 1 atom stereocenters. The molecular weight excluding hydrogens is 424 g/mol. The monoisotopic (exact) mass is 452 g/mol. The minimum absolute atomic E-state index is 0.0178. The predicted molar refractivity (Wildman–Crippen MR) is 123 cm³/mol. The summed E-state index contributed by atoms with van der Waals surface area (Å²) in [4.78, 5) is 41.8. The topological polar surface area (TPSA) is 108 Å². The fraction of sp³-hybridized carbons (Fsp3) is 0.320. The number of ether oxygens (including phenoxy) is 3. The third-order valence-electron chi connectivity index (χ3n) is 5.58. The molecule has 33 heavy (non-hydrogen) atoms. The molecule has 2 aliphatic rings. The molecular formula is C25H28N2O6. The highest BCUT2D eigenvalue weighted by Gasteiger charge is 2.63. The maximum atomic E-state index is 13.5. The molecule has 2 heterocycles. The van der Waals surface area contributed by atoms with Crippen molar-refractivity contribution in [2.45, 2.75) is 32.1 Å². The molecule has 0 unspecified atom stereocenters. The number of esters is 3. The number of nitrogens with zero attached hydrogens (tertiary/aromatic N) is 1. The van der Waals surface area contributed by atoms with Crippen LogP contribution in [0.1, 0.15) is 32.3 Å². The van der Waals surface area contributed by atoms with E-state index in [1.807, 2.05) is 6.92 Å². The largest absolute Gasteiger partial charge is 0.462 e. The molecule has 0 radical (unpaired) electrons. The Morgan fingerprint density at radius 3 is 2.52 bits per heavy atom. The number of carbonyl (C=O) groups excluding carboxylic acids is 3. The summed E-state index contributed by atoms with van der Waals surface area (Å²) in [5, 5.41) is 0. The SMILES string of the molecule is C=CCOC(=O)C1=C(C)OC(=O)[C@@]12C(C(=O)OCCCC)=C(N)N(CC=C)c1ccccc12. The van der Waals surface area contributed by atoms with Gasteiger partial charge in [0.05, 0.1) is 6.61 Å². The summed E-state index contributed by atoms with van der Waals surface area (Å²) >= 11 is 0. The number of rotatable bonds is 9. The van der Waals surface area contributed by atoms with Crippen molar-refractivity contribution in [1.82, 2.24) is 0 Å². The predicted octanol–water partition coefficient (Wildman–Crippen LogP) is 3.00. The van der Waals surface area contributed by atoms with Crippen molar-refractivity contribution in [3.05, 3.63) is 77.9 Å². The number of hydrogen-bond acceptors (Lipinski definition) is 8. The molecule has 0 bridgehead atoms. The molecule has 2 N–H and O–H groups in total. The molecule has 2 aliphatic heterocycles. The van der Waals surface area contributed by atoms with Gasteiger partial charge in [-0.1, -0.05) is 50.3 Å². The Morgan fingerprint density at radius 1 is 1.15 bits per heavy atom. The molecule has 0 saturated carbocycles. The average molecular weight is 453 g/mol. The number of fused-ring (bicyclic) bond motifs is 2. The summed E-state index contributed by atoms with van der Waals surface area (Å²) in [6.45, 7) is 11.1. The molecule has 3 rings (SSSR count). The number of nitrogens with two attached hydrogens (primary N) is 1. The normalized spacial score (nSPS) is 19.3. The summed E-state index contributed by atoms with van der Waals surface area (Å²) < 4.78 is 16.2. The summed E-state index contributed by atoms with van der Waals surface area (Å²) in [5.41, 5.74) is 5.22. The zero-order valence-corrected chi connectivity index (χ0v) is 18.9. The smallest absolute Gasteiger partial charge is 0.339 e. The van der Waals surface area contributed by atoms with Gasteiger partial charge in [0.25, 0.3) is 0 Å². The van der Waals surface area contributed by atoms with Crippen molar-refractivity contribution in [1.29, 1.82) is 0 Å². The van der Waals surface area contributed by atoms with Crippen molar-refractivity contribution in [3.8, 4) is 0 Å². The molecule has 8 nitrogen and oxygen atoms in total. The van der Waals surface area contributed by atoms with Gasteiger partial charge in [0.1, 0.15) is 29.3 Å². The molecule has 1 aromatic carbocycles. The lowest BCUT2D eigenvalue weighted by Gasteiger charge is -2.41. The maximum Gasteiger partial charge on any atom is 0.339 e. The Balaban J connectivity index is 2.34. The van der Waals surface area contributed by atoms with E-state index < -0.39 is 23.3 Å². The van der Waals surface area contributed by atoms with Crippen LogP contribution in [0.3, 0.4) is 0 Å². The number of para-hydroxylation sites is 1. The van der Waals surface area contributed by atoms with E-state index in [0.29, 0.717) is 17.7 Å². The first-order valence-corrected chi connectivity index (χ1v) is 10.7. The molecule has 174 valence electrons. The molecule has 0 amide bonds. The zero-order chi connectivity index (χ0) is 24.2. The van der Waals surface area contributed by atoms with E-state index in [4.69, 9.17) is 19.9 Å². The maximum absolute atomic E-state index is 13.5.